The molecule has 2 N–H and O–H groups in total. The molecule has 18 heavy (non-hydrogen) atoms. The molecule has 0 saturated carbocycles. The van der Waals surface area contributed by atoms with Gasteiger partial charge in [-0.2, -0.15) is 0 Å². The molecule has 0 aliphatic carbocycles. The Balaban J connectivity index is 2.77. The van der Waals surface area contributed by atoms with Crippen LogP contribution in [-0.4, -0.2) is 29.5 Å². The number of hydrogen-bond donors (Lipinski definition) is 2. The predicted molar refractivity (Wildman–Crippen MR) is 62.2 cm³/mol. The lowest BCUT2D eigenvalue weighted by Crippen LogP contribution is -2.30. The number of rotatable bonds is 5. The fourth-order valence-electron chi connectivity index (χ4n) is 1.35. The van der Waals surface area contributed by atoms with Gasteiger partial charge in [0.2, 0.25) is 6.10 Å². The van der Waals surface area contributed by atoms with Crippen molar-refractivity contribution in [3.63, 3.8) is 0 Å². The van der Waals surface area contributed by atoms with Crippen molar-refractivity contribution in [3.8, 4) is 5.75 Å². The van der Waals surface area contributed by atoms with Crippen LogP contribution in [-0.2, 0) is 25.5 Å². The molecule has 1 rings (SSSR count). The number of hydrogen-bond acceptors (Lipinski definition) is 6. The minimum Gasteiger partial charge on any atom is -0.508 e. The number of carbonyl (C=O) groups is 2. The summed E-state index contributed by atoms with van der Waals surface area (Å²) in [6.07, 6.45) is -0.504. The Labute approximate surface area is 104 Å². The number of ether oxygens (including phenoxy) is 2. The van der Waals surface area contributed by atoms with Crippen LogP contribution in [0.2, 0.25) is 0 Å². The standard InChI is InChI=1S/C12H13NO5/c1-8(14)18-11(12(16)17-7-13)6-9-2-4-10(15)5-3-9/h2-5,7,11,13,15H,6H2,1H3. The van der Waals surface area contributed by atoms with Gasteiger partial charge in [-0.05, 0) is 17.7 Å². The van der Waals surface area contributed by atoms with Crippen molar-refractivity contribution in [2.75, 3.05) is 0 Å². The van der Waals surface area contributed by atoms with Crippen molar-refractivity contribution in [3.05, 3.63) is 29.8 Å². The van der Waals surface area contributed by atoms with E-state index in [9.17, 15) is 9.59 Å². The van der Waals surface area contributed by atoms with Gasteiger partial charge in [0.15, 0.2) is 6.40 Å². The highest BCUT2D eigenvalue weighted by atomic mass is 16.6. The van der Waals surface area contributed by atoms with Crippen LogP contribution >= 0.6 is 0 Å². The molecule has 0 saturated heterocycles. The van der Waals surface area contributed by atoms with Gasteiger partial charge in [0.05, 0.1) is 0 Å². The van der Waals surface area contributed by atoms with Crippen molar-refractivity contribution in [2.45, 2.75) is 19.4 Å². The molecule has 0 fully saturated rings. The minimum absolute atomic E-state index is 0.102. The van der Waals surface area contributed by atoms with Crippen molar-refractivity contribution in [1.82, 2.24) is 0 Å². The number of phenolic OH excluding ortho intramolecular Hbond substituents is 1. The van der Waals surface area contributed by atoms with Gasteiger partial charge in [-0.1, -0.05) is 12.1 Å². The van der Waals surface area contributed by atoms with E-state index < -0.39 is 18.0 Å². The largest absolute Gasteiger partial charge is 0.508 e. The third-order valence-electron chi connectivity index (χ3n) is 2.10. The van der Waals surface area contributed by atoms with Crippen molar-refractivity contribution in [2.24, 2.45) is 0 Å². The summed E-state index contributed by atoms with van der Waals surface area (Å²) >= 11 is 0. The van der Waals surface area contributed by atoms with Crippen LogP contribution in [0, 0.1) is 5.41 Å². The zero-order valence-corrected chi connectivity index (χ0v) is 9.75. The number of nitrogens with one attached hydrogen (secondary N) is 1. The van der Waals surface area contributed by atoms with Crippen LogP contribution in [0.1, 0.15) is 12.5 Å². The Morgan fingerprint density at radius 1 is 1.39 bits per heavy atom. The van der Waals surface area contributed by atoms with Gasteiger partial charge in [-0.25, -0.2) is 4.79 Å². The Kier molecular flexibility index (Phi) is 4.86. The van der Waals surface area contributed by atoms with Crippen LogP contribution in [0.5, 0.6) is 5.75 Å². The first-order valence-corrected chi connectivity index (χ1v) is 5.17. The number of phenols is 1. The van der Waals surface area contributed by atoms with E-state index in [-0.39, 0.29) is 12.2 Å². The molecule has 0 bridgehead atoms. The highest BCUT2D eigenvalue weighted by Crippen LogP contribution is 2.13. The summed E-state index contributed by atoms with van der Waals surface area (Å²) in [7, 11) is 0. The third-order valence-corrected chi connectivity index (χ3v) is 2.10. The van der Waals surface area contributed by atoms with Crippen LogP contribution in [0.25, 0.3) is 0 Å². The summed E-state index contributed by atoms with van der Waals surface area (Å²) in [6, 6.07) is 6.12. The van der Waals surface area contributed by atoms with E-state index in [2.05, 4.69) is 4.74 Å². The van der Waals surface area contributed by atoms with Crippen molar-refractivity contribution >= 4 is 18.3 Å². The average Bonchev–Trinajstić information content (AvgIpc) is 2.31. The maximum absolute atomic E-state index is 11.4. The predicted octanol–water partition coefficient (Wildman–Crippen LogP) is 1.02. The maximum atomic E-state index is 11.4. The van der Waals surface area contributed by atoms with Gasteiger partial charge in [-0.15, -0.1) is 0 Å². The molecular weight excluding hydrogens is 238 g/mol. The van der Waals surface area contributed by atoms with Gasteiger partial charge in [0.1, 0.15) is 5.75 Å². The topological polar surface area (TPSA) is 96.7 Å². The molecule has 96 valence electrons. The van der Waals surface area contributed by atoms with Gasteiger partial charge in [-0.3, -0.25) is 10.2 Å². The molecule has 1 unspecified atom stereocenters. The summed E-state index contributed by atoms with van der Waals surface area (Å²) < 4.78 is 9.20. The maximum Gasteiger partial charge on any atom is 0.354 e. The van der Waals surface area contributed by atoms with Gasteiger partial charge >= 0.3 is 11.9 Å². The van der Waals surface area contributed by atoms with Crippen LogP contribution in [0.15, 0.2) is 24.3 Å². The highest BCUT2D eigenvalue weighted by Gasteiger charge is 2.23. The molecule has 0 aliphatic heterocycles. The molecule has 0 heterocycles. The molecule has 1 atom stereocenters. The summed E-state index contributed by atoms with van der Waals surface area (Å²) in [5.74, 6) is -1.32. The number of benzene rings is 1. The van der Waals surface area contributed by atoms with Gasteiger partial charge in [0.25, 0.3) is 0 Å². The Hall–Kier alpha value is -2.37. The second-order valence-electron chi connectivity index (χ2n) is 3.52. The molecule has 1 aromatic carbocycles. The molecule has 6 nitrogen and oxygen atoms in total. The lowest BCUT2D eigenvalue weighted by Gasteiger charge is -2.14. The number of esters is 2. The number of carbonyl (C=O) groups excluding carboxylic acids is 2. The fraction of sp³-hybridized carbons (Fsp3) is 0.250. The first kappa shape index (κ1) is 13.7. The van der Waals surface area contributed by atoms with Gasteiger partial charge in [0, 0.05) is 13.3 Å². The number of aromatic hydroxyl groups is 1. The molecule has 0 radical (unpaired) electrons. The van der Waals surface area contributed by atoms with Gasteiger partial charge < -0.3 is 14.6 Å². The second kappa shape index (κ2) is 6.39. The molecule has 6 heteroatoms. The summed E-state index contributed by atoms with van der Waals surface area (Å²) in [6.45, 7) is 1.18. The van der Waals surface area contributed by atoms with E-state index in [4.69, 9.17) is 15.3 Å². The quantitative estimate of drug-likeness (QED) is 0.462. The zero-order chi connectivity index (χ0) is 13.5. The summed E-state index contributed by atoms with van der Waals surface area (Å²) in [5.41, 5.74) is 0.695. The summed E-state index contributed by atoms with van der Waals surface area (Å²) in [5, 5.41) is 15.8. The van der Waals surface area contributed by atoms with Crippen LogP contribution < -0.4 is 0 Å². The molecule has 0 aromatic heterocycles. The smallest absolute Gasteiger partial charge is 0.354 e. The third kappa shape index (κ3) is 4.25. The van der Waals surface area contributed by atoms with E-state index in [1.54, 1.807) is 12.1 Å². The fourth-order valence-corrected chi connectivity index (χ4v) is 1.35. The molecule has 0 amide bonds. The van der Waals surface area contributed by atoms with Crippen LogP contribution in [0.4, 0.5) is 0 Å². The highest BCUT2D eigenvalue weighted by molar-refractivity contribution is 5.83. The van der Waals surface area contributed by atoms with E-state index in [1.807, 2.05) is 0 Å². The lowest BCUT2D eigenvalue weighted by atomic mass is 10.1. The monoisotopic (exact) mass is 251 g/mol. The summed E-state index contributed by atoms with van der Waals surface area (Å²) in [4.78, 5) is 22.3. The SMILES string of the molecule is CC(=O)OC(Cc1ccc(O)cc1)C(=O)OC=N. The van der Waals surface area contributed by atoms with E-state index in [0.717, 1.165) is 0 Å². The van der Waals surface area contributed by atoms with Crippen LogP contribution in [0.3, 0.4) is 0 Å². The van der Waals surface area contributed by atoms with Crippen molar-refractivity contribution in [1.29, 1.82) is 5.41 Å². The normalized spacial score (nSPS) is 11.4. The first-order valence-electron chi connectivity index (χ1n) is 5.17. The van der Waals surface area contributed by atoms with Crippen molar-refractivity contribution < 1.29 is 24.2 Å². The zero-order valence-electron chi connectivity index (χ0n) is 9.75. The first-order chi connectivity index (χ1) is 8.52. The Morgan fingerprint density at radius 2 is 2.00 bits per heavy atom. The minimum atomic E-state index is -1.10. The lowest BCUT2D eigenvalue weighted by molar-refractivity contribution is -0.161. The molecular formula is C12H13NO5. The van der Waals surface area contributed by atoms with E-state index >= 15 is 0 Å². The van der Waals surface area contributed by atoms with E-state index in [1.165, 1.54) is 19.1 Å². The molecule has 0 spiro atoms. The van der Waals surface area contributed by atoms with E-state index in [0.29, 0.717) is 12.0 Å². The Bertz CT molecular complexity index is 440. The Morgan fingerprint density at radius 3 is 2.50 bits per heavy atom. The average molecular weight is 251 g/mol. The second-order valence-corrected chi connectivity index (χ2v) is 3.52. The molecule has 0 aliphatic rings. The molecule has 1 aromatic rings.